The van der Waals surface area contributed by atoms with Crippen LogP contribution in [0.4, 0.5) is 0 Å². The second kappa shape index (κ2) is 7.43. The lowest BCUT2D eigenvalue weighted by molar-refractivity contribution is 0.458. The Kier molecular flexibility index (Phi) is 5.59. The van der Waals surface area contributed by atoms with Gasteiger partial charge in [-0.15, -0.1) is 0 Å². The monoisotopic (exact) mass is 304 g/mol. The molecule has 0 aliphatic carbocycles. The summed E-state index contributed by atoms with van der Waals surface area (Å²) in [5.41, 5.74) is 2.06. The molecule has 112 valence electrons. The van der Waals surface area contributed by atoms with Gasteiger partial charge in [-0.3, -0.25) is 0 Å². The third-order valence-electron chi connectivity index (χ3n) is 2.94. The third-order valence-corrected chi connectivity index (χ3v) is 3.24. The van der Waals surface area contributed by atoms with Crippen LogP contribution in [0.15, 0.2) is 36.4 Å². The summed E-state index contributed by atoms with van der Waals surface area (Å²) < 4.78 is 5.76. The van der Waals surface area contributed by atoms with E-state index in [2.05, 4.69) is 24.1 Å². The largest absolute Gasteiger partial charge is 0.437 e. The van der Waals surface area contributed by atoms with Gasteiger partial charge in [0.05, 0.1) is 10.7 Å². The van der Waals surface area contributed by atoms with E-state index in [-0.39, 0.29) is 0 Å². The molecule has 0 atom stereocenters. The summed E-state index contributed by atoms with van der Waals surface area (Å²) in [6, 6.07) is 11.5. The quantitative estimate of drug-likeness (QED) is 0.848. The Hall–Kier alpha value is -1.58. The van der Waals surface area contributed by atoms with Crippen LogP contribution in [0.25, 0.3) is 0 Å². The van der Waals surface area contributed by atoms with Gasteiger partial charge in [0, 0.05) is 12.6 Å². The molecule has 0 radical (unpaired) electrons. The van der Waals surface area contributed by atoms with Crippen molar-refractivity contribution in [1.29, 1.82) is 0 Å². The smallest absolute Gasteiger partial charge is 0.219 e. The standard InChI is InChI=1S/C17H21ClN2O/c1-12(2)10-19-11-14-5-4-6-17(20-14)21-16-8-7-13(3)9-15(16)18/h4-9,12,19H,10-11H2,1-3H3. The Morgan fingerprint density at radius 2 is 2.05 bits per heavy atom. The molecule has 2 rings (SSSR count). The number of aryl methyl sites for hydroxylation is 1. The highest BCUT2D eigenvalue weighted by molar-refractivity contribution is 6.32. The van der Waals surface area contributed by atoms with Crippen molar-refractivity contribution in [2.45, 2.75) is 27.3 Å². The van der Waals surface area contributed by atoms with Gasteiger partial charge in [-0.1, -0.05) is 37.6 Å². The Bertz CT molecular complexity index is 599. The Morgan fingerprint density at radius 3 is 2.76 bits per heavy atom. The lowest BCUT2D eigenvalue weighted by Crippen LogP contribution is -2.19. The van der Waals surface area contributed by atoms with Crippen LogP contribution >= 0.6 is 11.6 Å². The van der Waals surface area contributed by atoms with Crippen LogP contribution in [0.1, 0.15) is 25.1 Å². The number of hydrogen-bond donors (Lipinski definition) is 1. The molecular weight excluding hydrogens is 284 g/mol. The molecule has 4 heteroatoms. The van der Waals surface area contributed by atoms with Crippen LogP contribution in [0.5, 0.6) is 11.6 Å². The summed E-state index contributed by atoms with van der Waals surface area (Å²) in [6.45, 7) is 8.06. The zero-order valence-electron chi connectivity index (χ0n) is 12.7. The SMILES string of the molecule is Cc1ccc(Oc2cccc(CNCC(C)C)n2)c(Cl)c1. The molecule has 0 bridgehead atoms. The van der Waals surface area contributed by atoms with Crippen LogP contribution in [0.2, 0.25) is 5.02 Å². The first-order chi connectivity index (χ1) is 10.0. The lowest BCUT2D eigenvalue weighted by Gasteiger charge is -2.10. The molecule has 0 amide bonds. The Labute approximate surface area is 131 Å². The highest BCUT2D eigenvalue weighted by atomic mass is 35.5. The van der Waals surface area contributed by atoms with Crippen LogP contribution in [0.3, 0.4) is 0 Å². The van der Waals surface area contributed by atoms with E-state index in [1.807, 2.05) is 43.3 Å². The van der Waals surface area contributed by atoms with Gasteiger partial charge >= 0.3 is 0 Å². The van der Waals surface area contributed by atoms with Crippen LogP contribution < -0.4 is 10.1 Å². The number of rotatable bonds is 6. The van der Waals surface area contributed by atoms with Gasteiger partial charge in [0.2, 0.25) is 5.88 Å². The van der Waals surface area contributed by atoms with E-state index in [1.165, 1.54) is 0 Å². The topological polar surface area (TPSA) is 34.1 Å². The molecule has 1 N–H and O–H groups in total. The molecule has 0 fully saturated rings. The zero-order valence-corrected chi connectivity index (χ0v) is 13.4. The molecule has 21 heavy (non-hydrogen) atoms. The molecule has 2 aromatic rings. The first kappa shape index (κ1) is 15.8. The highest BCUT2D eigenvalue weighted by Crippen LogP contribution is 2.29. The normalized spacial score (nSPS) is 10.9. The van der Waals surface area contributed by atoms with Gasteiger partial charge < -0.3 is 10.1 Å². The minimum absolute atomic E-state index is 0.560. The fraction of sp³-hybridized carbons (Fsp3) is 0.353. The fourth-order valence-electron chi connectivity index (χ4n) is 1.90. The van der Waals surface area contributed by atoms with Gasteiger partial charge in [0.15, 0.2) is 0 Å². The van der Waals surface area contributed by atoms with Gasteiger partial charge in [0.1, 0.15) is 5.75 Å². The molecule has 0 aliphatic heterocycles. The van der Waals surface area contributed by atoms with Gasteiger partial charge in [-0.25, -0.2) is 4.98 Å². The van der Waals surface area contributed by atoms with Crippen molar-refractivity contribution in [3.05, 3.63) is 52.7 Å². The summed E-state index contributed by atoms with van der Waals surface area (Å²) in [7, 11) is 0. The van der Waals surface area contributed by atoms with Crippen molar-refractivity contribution in [2.24, 2.45) is 5.92 Å². The number of pyridine rings is 1. The molecule has 0 saturated carbocycles. The second-order valence-electron chi connectivity index (χ2n) is 5.53. The van der Waals surface area contributed by atoms with E-state index < -0.39 is 0 Å². The van der Waals surface area contributed by atoms with E-state index in [9.17, 15) is 0 Å². The van der Waals surface area contributed by atoms with Crippen molar-refractivity contribution in [2.75, 3.05) is 6.54 Å². The van der Waals surface area contributed by atoms with Crippen LogP contribution in [-0.2, 0) is 6.54 Å². The predicted octanol–water partition coefficient (Wildman–Crippen LogP) is 4.58. The minimum atomic E-state index is 0.560. The Morgan fingerprint density at radius 1 is 1.24 bits per heavy atom. The third kappa shape index (κ3) is 5.03. The fourth-order valence-corrected chi connectivity index (χ4v) is 2.18. The molecule has 1 aromatic carbocycles. The van der Waals surface area contributed by atoms with Gasteiger partial charge in [-0.2, -0.15) is 0 Å². The molecule has 1 aromatic heterocycles. The van der Waals surface area contributed by atoms with Crippen molar-refractivity contribution in [3.63, 3.8) is 0 Å². The molecular formula is C17H21ClN2O. The number of nitrogens with one attached hydrogen (secondary N) is 1. The number of benzene rings is 1. The summed E-state index contributed by atoms with van der Waals surface area (Å²) in [5, 5.41) is 3.96. The minimum Gasteiger partial charge on any atom is -0.437 e. The maximum Gasteiger partial charge on any atom is 0.219 e. The highest BCUT2D eigenvalue weighted by Gasteiger charge is 2.05. The predicted molar refractivity (Wildman–Crippen MR) is 87.0 cm³/mol. The molecule has 3 nitrogen and oxygen atoms in total. The molecule has 0 spiro atoms. The summed E-state index contributed by atoms with van der Waals surface area (Å²) >= 11 is 6.17. The first-order valence-corrected chi connectivity index (χ1v) is 7.53. The second-order valence-corrected chi connectivity index (χ2v) is 5.94. The van der Waals surface area contributed by atoms with Crippen molar-refractivity contribution >= 4 is 11.6 Å². The van der Waals surface area contributed by atoms with E-state index in [4.69, 9.17) is 16.3 Å². The van der Waals surface area contributed by atoms with Crippen molar-refractivity contribution < 1.29 is 4.74 Å². The number of halogens is 1. The average molecular weight is 305 g/mol. The summed E-state index contributed by atoms with van der Waals surface area (Å²) in [4.78, 5) is 4.49. The summed E-state index contributed by atoms with van der Waals surface area (Å²) in [5.74, 6) is 1.81. The van der Waals surface area contributed by atoms with E-state index in [0.29, 0.717) is 22.6 Å². The lowest BCUT2D eigenvalue weighted by atomic mass is 10.2. The first-order valence-electron chi connectivity index (χ1n) is 7.15. The summed E-state index contributed by atoms with van der Waals surface area (Å²) in [6.07, 6.45) is 0. The zero-order chi connectivity index (χ0) is 15.2. The van der Waals surface area contributed by atoms with Gasteiger partial charge in [-0.05, 0) is 43.1 Å². The van der Waals surface area contributed by atoms with E-state index in [0.717, 1.165) is 24.3 Å². The molecule has 0 aliphatic rings. The molecule has 1 heterocycles. The number of nitrogens with zero attached hydrogens (tertiary/aromatic N) is 1. The van der Waals surface area contributed by atoms with Crippen molar-refractivity contribution in [3.8, 4) is 11.6 Å². The van der Waals surface area contributed by atoms with Crippen LogP contribution in [-0.4, -0.2) is 11.5 Å². The number of hydrogen-bond acceptors (Lipinski definition) is 3. The average Bonchev–Trinajstić information content (AvgIpc) is 2.42. The number of ether oxygens (including phenoxy) is 1. The van der Waals surface area contributed by atoms with E-state index >= 15 is 0 Å². The maximum atomic E-state index is 6.17. The van der Waals surface area contributed by atoms with Crippen molar-refractivity contribution in [1.82, 2.24) is 10.3 Å². The molecule has 0 unspecified atom stereocenters. The van der Waals surface area contributed by atoms with Crippen LogP contribution in [0, 0.1) is 12.8 Å². The van der Waals surface area contributed by atoms with Gasteiger partial charge in [0.25, 0.3) is 0 Å². The van der Waals surface area contributed by atoms with E-state index in [1.54, 1.807) is 0 Å². The Balaban J connectivity index is 2.03. The molecule has 0 saturated heterocycles. The number of aromatic nitrogens is 1. The maximum absolute atomic E-state index is 6.17.